The number of morpholine rings is 1. The van der Waals surface area contributed by atoms with Crippen molar-refractivity contribution in [3.63, 3.8) is 0 Å². The number of amides is 1. The molecule has 0 saturated carbocycles. The zero-order valence-corrected chi connectivity index (χ0v) is 18.5. The minimum atomic E-state index is 0.123. The van der Waals surface area contributed by atoms with E-state index in [0.29, 0.717) is 32.7 Å². The van der Waals surface area contributed by atoms with Gasteiger partial charge in [0.15, 0.2) is 11.5 Å². The monoisotopic (exact) mass is 439 g/mol. The summed E-state index contributed by atoms with van der Waals surface area (Å²) in [6, 6.07) is 8.25. The summed E-state index contributed by atoms with van der Waals surface area (Å²) in [6.07, 6.45) is 0.348. The van der Waals surface area contributed by atoms with Gasteiger partial charge in [0.25, 0.3) is 0 Å². The maximum absolute atomic E-state index is 12.5. The lowest BCUT2D eigenvalue weighted by molar-refractivity contribution is -0.134. The number of hydrogen-bond donors (Lipinski definition) is 0. The molecular formula is C23H25N3O4S. The molecule has 31 heavy (non-hydrogen) atoms. The standard InChI is InChI=1S/C23H25N3O4S/c1-15-9-18(16(2)26(15)12-17-3-4-20-21(10-17)30-14-29-20)19-13-31-22(24-19)11-23(27)25-5-7-28-8-6-25/h3-4,9-10,13H,5-8,11-12,14H2,1-2H3. The van der Waals surface area contributed by atoms with Gasteiger partial charge in [-0.25, -0.2) is 4.98 Å². The van der Waals surface area contributed by atoms with Crippen molar-refractivity contribution in [2.75, 3.05) is 33.1 Å². The molecule has 1 saturated heterocycles. The van der Waals surface area contributed by atoms with Crippen LogP contribution in [0.15, 0.2) is 29.6 Å². The van der Waals surface area contributed by atoms with E-state index in [1.165, 1.54) is 5.69 Å². The summed E-state index contributed by atoms with van der Waals surface area (Å²) in [5, 5.41) is 2.90. The third-order valence-electron chi connectivity index (χ3n) is 5.85. The van der Waals surface area contributed by atoms with Gasteiger partial charge in [-0.05, 0) is 37.6 Å². The number of aromatic nitrogens is 2. The Bertz CT molecular complexity index is 1110. The molecule has 2 aliphatic heterocycles. The number of thiazole rings is 1. The Morgan fingerprint density at radius 1 is 1.13 bits per heavy atom. The van der Waals surface area contributed by atoms with Gasteiger partial charge in [-0.2, -0.15) is 0 Å². The fraction of sp³-hybridized carbons (Fsp3) is 0.391. The fourth-order valence-corrected chi connectivity index (χ4v) is 4.88. The van der Waals surface area contributed by atoms with E-state index in [1.807, 2.05) is 17.0 Å². The van der Waals surface area contributed by atoms with Crippen LogP contribution in [0.4, 0.5) is 0 Å². The summed E-state index contributed by atoms with van der Waals surface area (Å²) in [5.74, 6) is 1.72. The van der Waals surface area contributed by atoms with E-state index in [0.717, 1.165) is 45.6 Å². The maximum Gasteiger partial charge on any atom is 0.231 e. The Hall–Kier alpha value is -2.84. The van der Waals surface area contributed by atoms with E-state index in [-0.39, 0.29) is 12.7 Å². The van der Waals surface area contributed by atoms with E-state index in [9.17, 15) is 4.79 Å². The van der Waals surface area contributed by atoms with Crippen molar-refractivity contribution in [2.45, 2.75) is 26.8 Å². The molecule has 0 spiro atoms. The van der Waals surface area contributed by atoms with Crippen LogP contribution >= 0.6 is 11.3 Å². The number of aryl methyl sites for hydroxylation is 1. The van der Waals surface area contributed by atoms with E-state index >= 15 is 0 Å². The Morgan fingerprint density at radius 3 is 2.77 bits per heavy atom. The summed E-state index contributed by atoms with van der Waals surface area (Å²) in [6.45, 7) is 7.82. The molecule has 4 heterocycles. The quantitative estimate of drug-likeness (QED) is 0.610. The molecule has 0 atom stereocenters. The predicted octanol–water partition coefficient (Wildman–Crippen LogP) is 3.41. The highest BCUT2D eigenvalue weighted by atomic mass is 32.1. The number of ether oxygens (including phenoxy) is 3. The van der Waals surface area contributed by atoms with Crippen LogP contribution < -0.4 is 9.47 Å². The average molecular weight is 440 g/mol. The topological polar surface area (TPSA) is 65.8 Å². The molecule has 5 rings (SSSR count). The Labute approximate surface area is 185 Å². The zero-order chi connectivity index (χ0) is 21.4. The lowest BCUT2D eigenvalue weighted by Crippen LogP contribution is -2.41. The molecule has 7 nitrogen and oxygen atoms in total. The average Bonchev–Trinajstić information content (AvgIpc) is 3.50. The predicted molar refractivity (Wildman–Crippen MR) is 118 cm³/mol. The van der Waals surface area contributed by atoms with E-state index in [1.54, 1.807) is 11.3 Å². The number of carbonyl (C=O) groups excluding carboxylic acids is 1. The van der Waals surface area contributed by atoms with Crippen LogP contribution in [0.25, 0.3) is 11.3 Å². The molecule has 2 aliphatic rings. The zero-order valence-electron chi connectivity index (χ0n) is 17.7. The van der Waals surface area contributed by atoms with Gasteiger partial charge in [-0.1, -0.05) is 6.07 Å². The molecule has 1 fully saturated rings. The minimum Gasteiger partial charge on any atom is -0.454 e. The summed E-state index contributed by atoms with van der Waals surface area (Å²) in [7, 11) is 0. The fourth-order valence-electron chi connectivity index (χ4n) is 4.10. The van der Waals surface area contributed by atoms with Crippen LogP contribution in [0.5, 0.6) is 11.5 Å². The maximum atomic E-state index is 12.5. The van der Waals surface area contributed by atoms with E-state index in [2.05, 4.69) is 35.9 Å². The second-order valence-corrected chi connectivity index (χ2v) is 8.80. The molecule has 0 N–H and O–H groups in total. The van der Waals surface area contributed by atoms with Crippen LogP contribution in [0, 0.1) is 13.8 Å². The van der Waals surface area contributed by atoms with Crippen molar-refractivity contribution < 1.29 is 19.0 Å². The van der Waals surface area contributed by atoms with Crippen molar-refractivity contribution >= 4 is 17.2 Å². The SMILES string of the molecule is Cc1cc(-c2csc(CC(=O)N3CCOCC3)n2)c(C)n1Cc1ccc2c(c1)OCO2. The highest BCUT2D eigenvalue weighted by Gasteiger charge is 2.20. The van der Waals surface area contributed by atoms with Gasteiger partial charge in [0.2, 0.25) is 12.7 Å². The molecule has 0 bridgehead atoms. The molecule has 2 aromatic heterocycles. The van der Waals surface area contributed by atoms with Gasteiger partial charge < -0.3 is 23.7 Å². The molecule has 0 aliphatic carbocycles. The Balaban J connectivity index is 1.33. The van der Waals surface area contributed by atoms with Gasteiger partial charge in [0.05, 0.1) is 25.3 Å². The van der Waals surface area contributed by atoms with Crippen LogP contribution in [-0.4, -0.2) is 53.5 Å². The van der Waals surface area contributed by atoms with Gasteiger partial charge >= 0.3 is 0 Å². The van der Waals surface area contributed by atoms with Crippen molar-refractivity contribution in [2.24, 2.45) is 0 Å². The first-order chi connectivity index (χ1) is 15.1. The van der Waals surface area contributed by atoms with Crippen molar-refractivity contribution in [1.82, 2.24) is 14.5 Å². The van der Waals surface area contributed by atoms with Crippen molar-refractivity contribution in [3.05, 3.63) is 51.6 Å². The lowest BCUT2D eigenvalue weighted by Gasteiger charge is -2.26. The smallest absolute Gasteiger partial charge is 0.231 e. The third-order valence-corrected chi connectivity index (χ3v) is 6.69. The molecule has 0 radical (unpaired) electrons. The second-order valence-electron chi connectivity index (χ2n) is 7.85. The van der Waals surface area contributed by atoms with E-state index < -0.39 is 0 Å². The molecule has 1 amide bonds. The summed E-state index contributed by atoms with van der Waals surface area (Å²) in [5.41, 5.74) is 5.53. The number of carbonyl (C=O) groups is 1. The molecule has 0 unspecified atom stereocenters. The minimum absolute atomic E-state index is 0.123. The summed E-state index contributed by atoms with van der Waals surface area (Å²) in [4.78, 5) is 19.2. The van der Waals surface area contributed by atoms with Gasteiger partial charge in [-0.3, -0.25) is 4.79 Å². The van der Waals surface area contributed by atoms with Crippen LogP contribution in [0.1, 0.15) is 22.0 Å². The van der Waals surface area contributed by atoms with Crippen LogP contribution in [0.3, 0.4) is 0 Å². The molecule has 3 aromatic rings. The third kappa shape index (κ3) is 4.05. The van der Waals surface area contributed by atoms with Crippen molar-refractivity contribution in [1.29, 1.82) is 0 Å². The highest BCUT2D eigenvalue weighted by molar-refractivity contribution is 7.10. The molecule has 8 heteroatoms. The molecule has 162 valence electrons. The van der Waals surface area contributed by atoms with Crippen molar-refractivity contribution in [3.8, 4) is 22.8 Å². The lowest BCUT2D eigenvalue weighted by atomic mass is 10.2. The second kappa shape index (κ2) is 8.36. The molecular weight excluding hydrogens is 414 g/mol. The highest BCUT2D eigenvalue weighted by Crippen LogP contribution is 2.34. The normalized spacial score (nSPS) is 15.5. The summed E-state index contributed by atoms with van der Waals surface area (Å²) < 4.78 is 18.5. The number of hydrogen-bond acceptors (Lipinski definition) is 6. The van der Waals surface area contributed by atoms with Gasteiger partial charge in [-0.15, -0.1) is 11.3 Å². The van der Waals surface area contributed by atoms with Gasteiger partial charge in [0.1, 0.15) is 5.01 Å². The largest absolute Gasteiger partial charge is 0.454 e. The Kier molecular flexibility index (Phi) is 5.41. The number of nitrogens with zero attached hydrogens (tertiary/aromatic N) is 3. The number of rotatable bonds is 5. The number of fused-ring (bicyclic) bond motifs is 1. The van der Waals surface area contributed by atoms with Crippen LogP contribution in [0.2, 0.25) is 0 Å². The van der Waals surface area contributed by atoms with E-state index in [4.69, 9.17) is 19.2 Å². The van der Waals surface area contributed by atoms with Crippen LogP contribution in [-0.2, 0) is 22.5 Å². The Morgan fingerprint density at radius 2 is 1.94 bits per heavy atom. The molecule has 1 aromatic carbocycles. The first-order valence-electron chi connectivity index (χ1n) is 10.4. The number of benzene rings is 1. The summed E-state index contributed by atoms with van der Waals surface area (Å²) >= 11 is 1.55. The first kappa shape index (κ1) is 20.1. The van der Waals surface area contributed by atoms with Gasteiger partial charge in [0, 0.05) is 42.0 Å². The first-order valence-corrected chi connectivity index (χ1v) is 11.3.